The van der Waals surface area contributed by atoms with Crippen molar-refractivity contribution in [3.8, 4) is 0 Å². The molecule has 7 atom stereocenters. The Balaban J connectivity index is 1.48. The van der Waals surface area contributed by atoms with Crippen LogP contribution in [-0.2, 0) is 0 Å². The molecule has 4 rings (SSSR count). The Morgan fingerprint density at radius 3 is 1.90 bits per heavy atom. The molecule has 0 heteroatoms. The zero-order chi connectivity index (χ0) is 14.6. The van der Waals surface area contributed by atoms with Crippen molar-refractivity contribution in [1.82, 2.24) is 0 Å². The minimum absolute atomic E-state index is 0.547. The summed E-state index contributed by atoms with van der Waals surface area (Å²) in [7, 11) is 0. The van der Waals surface area contributed by atoms with Gasteiger partial charge in [-0.05, 0) is 98.2 Å². The fourth-order valence-electron chi connectivity index (χ4n) is 7.26. The number of rotatable bonds is 0. The summed E-state index contributed by atoms with van der Waals surface area (Å²) in [6.45, 7) is 7.44. The molecule has 0 aliphatic heterocycles. The molecular formula is C21H36. The third-order valence-corrected chi connectivity index (χ3v) is 8.38. The largest absolute Gasteiger partial charge is 0.0599 e. The summed E-state index contributed by atoms with van der Waals surface area (Å²) in [6.07, 6.45) is 15.8. The van der Waals surface area contributed by atoms with Crippen LogP contribution in [0.25, 0.3) is 0 Å². The predicted molar refractivity (Wildman–Crippen MR) is 90.1 cm³/mol. The first kappa shape index (κ1) is 14.6. The van der Waals surface area contributed by atoms with E-state index in [1.54, 1.807) is 57.8 Å². The van der Waals surface area contributed by atoms with Crippen molar-refractivity contribution in [2.24, 2.45) is 46.8 Å². The number of hydrogen-bond donors (Lipinski definition) is 0. The Kier molecular flexibility index (Phi) is 3.66. The first-order valence-electron chi connectivity index (χ1n) is 10.0. The molecule has 0 saturated heterocycles. The Morgan fingerprint density at radius 2 is 1.19 bits per heavy atom. The maximum atomic E-state index is 2.48. The van der Waals surface area contributed by atoms with Gasteiger partial charge in [-0.3, -0.25) is 0 Å². The van der Waals surface area contributed by atoms with Crippen molar-refractivity contribution < 1.29 is 0 Å². The first-order valence-corrected chi connectivity index (χ1v) is 10.0. The highest BCUT2D eigenvalue weighted by atomic mass is 14.5. The Labute approximate surface area is 132 Å². The fraction of sp³-hybridized carbons (Fsp3) is 1.00. The molecule has 4 saturated carbocycles. The lowest BCUT2D eigenvalue weighted by molar-refractivity contribution is -0.0410. The Morgan fingerprint density at radius 1 is 0.571 bits per heavy atom. The average molecular weight is 289 g/mol. The molecule has 0 N–H and O–H groups in total. The molecule has 4 aliphatic rings. The summed E-state index contributed by atoms with van der Waals surface area (Å²) in [6, 6.07) is 0. The van der Waals surface area contributed by atoms with Crippen molar-refractivity contribution in [1.29, 1.82) is 0 Å². The molecule has 0 heterocycles. The summed E-state index contributed by atoms with van der Waals surface area (Å²) in [5.41, 5.74) is 0.547. The second kappa shape index (κ2) is 5.27. The maximum Gasteiger partial charge on any atom is -0.0352 e. The molecule has 0 aromatic rings. The highest BCUT2D eigenvalue weighted by Gasteiger charge is 2.50. The van der Waals surface area contributed by atoms with Crippen LogP contribution >= 0.6 is 0 Å². The molecule has 0 aromatic carbocycles. The van der Waals surface area contributed by atoms with E-state index in [-0.39, 0.29) is 0 Å². The second-order valence-corrected chi connectivity index (χ2v) is 10.1. The van der Waals surface area contributed by atoms with E-state index in [4.69, 9.17) is 0 Å². The molecule has 4 fully saturated rings. The first-order chi connectivity index (χ1) is 10.0. The van der Waals surface area contributed by atoms with Crippen LogP contribution in [0.2, 0.25) is 0 Å². The molecule has 0 bridgehead atoms. The van der Waals surface area contributed by atoms with E-state index in [0.717, 1.165) is 41.4 Å². The SMILES string of the molecule is CC(C)(C)C1CCC2C(CCC3C4CCCC4CCC23)C1. The summed E-state index contributed by atoms with van der Waals surface area (Å²) in [4.78, 5) is 0. The van der Waals surface area contributed by atoms with Gasteiger partial charge in [-0.25, -0.2) is 0 Å². The van der Waals surface area contributed by atoms with Gasteiger partial charge in [0, 0.05) is 0 Å². The molecule has 0 aromatic heterocycles. The molecule has 21 heavy (non-hydrogen) atoms. The standard InChI is InChI=1S/C21H36/c1-21(2,3)16-9-12-18-15(13-16)8-11-19-17-6-4-5-14(17)7-10-20(18)19/h14-20H,4-13H2,1-3H3. The van der Waals surface area contributed by atoms with Crippen LogP contribution < -0.4 is 0 Å². The fourth-order valence-corrected chi connectivity index (χ4v) is 7.26. The van der Waals surface area contributed by atoms with Gasteiger partial charge >= 0.3 is 0 Å². The van der Waals surface area contributed by atoms with Crippen LogP contribution in [0.15, 0.2) is 0 Å². The maximum absolute atomic E-state index is 2.48. The molecule has 4 aliphatic carbocycles. The van der Waals surface area contributed by atoms with Gasteiger partial charge in [0.15, 0.2) is 0 Å². The van der Waals surface area contributed by atoms with Gasteiger partial charge in [-0.15, -0.1) is 0 Å². The predicted octanol–water partition coefficient (Wildman–Crippen LogP) is 6.30. The number of fused-ring (bicyclic) bond motifs is 5. The normalized spacial score (nSPS) is 50.1. The Bertz CT molecular complexity index is 376. The summed E-state index contributed by atoms with van der Waals surface area (Å²) >= 11 is 0. The van der Waals surface area contributed by atoms with Gasteiger partial charge in [0.25, 0.3) is 0 Å². The highest BCUT2D eigenvalue weighted by Crippen LogP contribution is 2.59. The smallest absolute Gasteiger partial charge is 0.0352 e. The van der Waals surface area contributed by atoms with Crippen molar-refractivity contribution >= 4 is 0 Å². The topological polar surface area (TPSA) is 0 Å². The van der Waals surface area contributed by atoms with E-state index in [1.165, 1.54) is 6.42 Å². The lowest BCUT2D eigenvalue weighted by Gasteiger charge is -2.54. The molecule has 0 radical (unpaired) electrons. The summed E-state index contributed by atoms with van der Waals surface area (Å²) < 4.78 is 0. The lowest BCUT2D eigenvalue weighted by atomic mass is 9.51. The van der Waals surface area contributed by atoms with Gasteiger partial charge in [-0.2, -0.15) is 0 Å². The van der Waals surface area contributed by atoms with E-state index in [9.17, 15) is 0 Å². The average Bonchev–Trinajstić information content (AvgIpc) is 2.93. The van der Waals surface area contributed by atoms with Crippen LogP contribution in [0.3, 0.4) is 0 Å². The van der Waals surface area contributed by atoms with E-state index >= 15 is 0 Å². The summed E-state index contributed by atoms with van der Waals surface area (Å²) in [5.74, 6) is 7.82. The van der Waals surface area contributed by atoms with Crippen LogP contribution in [0.5, 0.6) is 0 Å². The Hall–Kier alpha value is 0. The number of hydrogen-bond acceptors (Lipinski definition) is 0. The van der Waals surface area contributed by atoms with Crippen LogP contribution in [0, 0.1) is 46.8 Å². The molecule has 0 spiro atoms. The van der Waals surface area contributed by atoms with Gasteiger partial charge in [0.05, 0.1) is 0 Å². The van der Waals surface area contributed by atoms with Gasteiger partial charge < -0.3 is 0 Å². The molecule has 0 amide bonds. The minimum atomic E-state index is 0.547. The van der Waals surface area contributed by atoms with E-state index in [2.05, 4.69) is 20.8 Å². The third-order valence-electron chi connectivity index (χ3n) is 8.38. The van der Waals surface area contributed by atoms with Crippen LogP contribution in [-0.4, -0.2) is 0 Å². The van der Waals surface area contributed by atoms with Crippen molar-refractivity contribution in [3.05, 3.63) is 0 Å². The van der Waals surface area contributed by atoms with Crippen molar-refractivity contribution in [3.63, 3.8) is 0 Å². The van der Waals surface area contributed by atoms with E-state index < -0.39 is 0 Å². The minimum Gasteiger partial charge on any atom is -0.0599 e. The van der Waals surface area contributed by atoms with Gasteiger partial charge in [0.1, 0.15) is 0 Å². The molecule has 0 nitrogen and oxygen atoms in total. The summed E-state index contributed by atoms with van der Waals surface area (Å²) in [5, 5.41) is 0. The molecule has 120 valence electrons. The zero-order valence-electron chi connectivity index (χ0n) is 14.6. The zero-order valence-corrected chi connectivity index (χ0v) is 14.6. The van der Waals surface area contributed by atoms with E-state index in [1.807, 2.05) is 0 Å². The lowest BCUT2D eigenvalue weighted by Crippen LogP contribution is -2.45. The van der Waals surface area contributed by atoms with Crippen molar-refractivity contribution in [2.45, 2.75) is 85.0 Å². The highest BCUT2D eigenvalue weighted by molar-refractivity contribution is 4.99. The molecular weight excluding hydrogens is 252 g/mol. The van der Waals surface area contributed by atoms with Crippen molar-refractivity contribution in [2.75, 3.05) is 0 Å². The van der Waals surface area contributed by atoms with E-state index in [0.29, 0.717) is 5.41 Å². The van der Waals surface area contributed by atoms with Crippen LogP contribution in [0.1, 0.15) is 85.0 Å². The second-order valence-electron chi connectivity index (χ2n) is 10.1. The molecule has 7 unspecified atom stereocenters. The van der Waals surface area contributed by atoms with Crippen LogP contribution in [0.4, 0.5) is 0 Å². The quantitative estimate of drug-likeness (QED) is 0.490. The third kappa shape index (κ3) is 2.49. The van der Waals surface area contributed by atoms with Gasteiger partial charge in [0.2, 0.25) is 0 Å². The monoisotopic (exact) mass is 288 g/mol. The van der Waals surface area contributed by atoms with Gasteiger partial charge in [-0.1, -0.05) is 33.6 Å².